The molecule has 4 N–H and O–H groups in total. The number of carbonyl (C=O) groups excluding carboxylic acids is 3. The third-order valence-corrected chi connectivity index (χ3v) is 13.6. The average Bonchev–Trinajstić information content (AvgIpc) is 3.79. The van der Waals surface area contributed by atoms with Crippen LogP contribution in [0.1, 0.15) is 28.3 Å². The SMILES string of the molecule is Cc1ccc(N2C(=O)C3C4CC(C3C2=O)C2C4Sc3[nH]c(=O)sc3[C@@H]2c2ccccc2OCC(=O)Nc2ccc(S(N)(=O)=O)cc2)cc1. The van der Waals surface area contributed by atoms with Crippen molar-refractivity contribution in [2.24, 2.45) is 34.7 Å². The van der Waals surface area contributed by atoms with Crippen LogP contribution in [0.4, 0.5) is 11.4 Å². The number of sulfonamides is 1. The first-order valence-corrected chi connectivity index (χ1v) is 18.7. The summed E-state index contributed by atoms with van der Waals surface area (Å²) in [6.07, 6.45) is 0.752. The van der Waals surface area contributed by atoms with Gasteiger partial charge in [-0.25, -0.2) is 13.6 Å². The van der Waals surface area contributed by atoms with Crippen molar-refractivity contribution in [3.05, 3.63) is 98.5 Å². The molecule has 0 spiro atoms. The largest absolute Gasteiger partial charge is 0.483 e. The van der Waals surface area contributed by atoms with E-state index in [4.69, 9.17) is 9.88 Å². The van der Waals surface area contributed by atoms with Crippen molar-refractivity contribution in [2.45, 2.75) is 34.4 Å². The summed E-state index contributed by atoms with van der Waals surface area (Å²) < 4.78 is 29.2. The fourth-order valence-electron chi connectivity index (χ4n) is 8.25. The maximum Gasteiger partial charge on any atom is 0.305 e. The standard InChI is InChI=1S/C34H30N4O7S3/c1-16-6-10-18(11-7-16)38-32(40)27-21-14-22(28(27)33(38)41)29-26(21)25(30-31(46-29)37-34(42)47-30)20-4-2-3-5-23(20)45-15-24(39)36-17-8-12-19(13-9-17)48(35,43)44/h2-13,21-22,25-29H,14-15H2,1H3,(H,36,39)(H,37,42)(H2,35,43,44)/t21?,22?,25-,26?,27?,28?,29?/m1/s1. The van der Waals surface area contributed by atoms with Crippen LogP contribution in [0.25, 0.3) is 0 Å². The number of nitrogens with two attached hydrogens (primary N) is 1. The van der Waals surface area contributed by atoms with E-state index in [1.807, 2.05) is 49.4 Å². The lowest BCUT2D eigenvalue weighted by Crippen LogP contribution is -2.42. The highest BCUT2D eigenvalue weighted by molar-refractivity contribution is 8.00. The number of benzene rings is 3. The quantitative estimate of drug-likeness (QED) is 0.242. The molecule has 4 aliphatic rings. The number of amides is 3. The Balaban J connectivity index is 1.09. The molecular formula is C34H30N4O7S3. The molecule has 3 heterocycles. The zero-order valence-electron chi connectivity index (χ0n) is 25.5. The van der Waals surface area contributed by atoms with Crippen molar-refractivity contribution in [1.29, 1.82) is 0 Å². The fraction of sp³-hybridized carbons (Fsp3) is 0.294. The third kappa shape index (κ3) is 5.00. The number of para-hydroxylation sites is 1. The molecule has 0 radical (unpaired) electrons. The van der Waals surface area contributed by atoms with E-state index in [1.54, 1.807) is 17.8 Å². The molecule has 2 aliphatic carbocycles. The summed E-state index contributed by atoms with van der Waals surface area (Å²) in [6.45, 7) is 1.64. The molecule has 3 fully saturated rings. The molecule has 14 heteroatoms. The van der Waals surface area contributed by atoms with E-state index in [2.05, 4.69) is 10.3 Å². The van der Waals surface area contributed by atoms with Gasteiger partial charge < -0.3 is 15.0 Å². The van der Waals surface area contributed by atoms with Gasteiger partial charge in [-0.3, -0.25) is 24.1 Å². The highest BCUT2D eigenvalue weighted by atomic mass is 32.2. The van der Waals surface area contributed by atoms with Gasteiger partial charge in [-0.2, -0.15) is 0 Å². The van der Waals surface area contributed by atoms with E-state index in [1.165, 1.54) is 29.2 Å². The maximum atomic E-state index is 14.0. The van der Waals surface area contributed by atoms with Crippen molar-refractivity contribution in [1.82, 2.24) is 4.98 Å². The molecule has 11 nitrogen and oxygen atoms in total. The van der Waals surface area contributed by atoms with Crippen LogP contribution in [0.3, 0.4) is 0 Å². The van der Waals surface area contributed by atoms with Gasteiger partial charge in [0.25, 0.3) is 5.91 Å². The van der Waals surface area contributed by atoms with Crippen molar-refractivity contribution >= 4 is 62.2 Å². The van der Waals surface area contributed by atoms with Gasteiger partial charge in [0.1, 0.15) is 5.75 Å². The average molecular weight is 703 g/mol. The summed E-state index contributed by atoms with van der Waals surface area (Å²) in [5, 5.41) is 8.65. The minimum absolute atomic E-state index is 0.00498. The first-order chi connectivity index (χ1) is 23.0. The highest BCUT2D eigenvalue weighted by Gasteiger charge is 2.69. The Morgan fingerprint density at radius 2 is 1.67 bits per heavy atom. The lowest BCUT2D eigenvalue weighted by Gasteiger charge is -2.43. The Kier molecular flexibility index (Phi) is 7.40. The third-order valence-electron chi connectivity index (χ3n) is 10.1. The van der Waals surface area contributed by atoms with Crippen LogP contribution in [0.5, 0.6) is 5.75 Å². The molecule has 2 saturated carbocycles. The van der Waals surface area contributed by atoms with Crippen molar-refractivity contribution in [3.8, 4) is 5.75 Å². The number of hydrogen-bond donors (Lipinski definition) is 3. The van der Waals surface area contributed by atoms with Crippen LogP contribution in [0.15, 0.2) is 87.5 Å². The molecule has 6 unspecified atom stereocenters. The lowest BCUT2D eigenvalue weighted by atomic mass is 9.68. The Bertz CT molecular complexity index is 2150. The molecule has 4 aromatic rings. The number of imide groups is 1. The number of hydrogen-bond acceptors (Lipinski definition) is 9. The second-order valence-corrected chi connectivity index (χ2v) is 16.5. The van der Waals surface area contributed by atoms with E-state index < -0.39 is 27.8 Å². The molecular weight excluding hydrogens is 673 g/mol. The molecule has 2 bridgehead atoms. The first-order valence-electron chi connectivity index (χ1n) is 15.5. The normalized spacial score (nSPS) is 27.0. The van der Waals surface area contributed by atoms with Gasteiger partial charge in [-0.15, -0.1) is 11.8 Å². The minimum atomic E-state index is -3.86. The molecule has 48 heavy (non-hydrogen) atoms. The van der Waals surface area contributed by atoms with Crippen LogP contribution >= 0.6 is 23.1 Å². The Labute approximate surface area is 283 Å². The second-order valence-electron chi connectivity index (χ2n) is 12.8. The zero-order valence-corrected chi connectivity index (χ0v) is 27.9. The molecule has 246 valence electrons. The number of primary sulfonamides is 1. The summed E-state index contributed by atoms with van der Waals surface area (Å²) in [6, 6.07) is 20.4. The Morgan fingerprint density at radius 3 is 2.38 bits per heavy atom. The van der Waals surface area contributed by atoms with Gasteiger partial charge in [0, 0.05) is 27.3 Å². The number of carbonyl (C=O) groups is 3. The summed E-state index contributed by atoms with van der Waals surface area (Å²) in [5.41, 5.74) is 2.83. The smallest absolute Gasteiger partial charge is 0.305 e. The second kappa shape index (κ2) is 11.4. The zero-order chi connectivity index (χ0) is 33.5. The van der Waals surface area contributed by atoms with E-state index in [9.17, 15) is 27.6 Å². The predicted molar refractivity (Wildman–Crippen MR) is 181 cm³/mol. The molecule has 1 aromatic heterocycles. The summed E-state index contributed by atoms with van der Waals surface area (Å²) in [5.74, 6) is -1.54. The molecule has 7 atom stereocenters. The van der Waals surface area contributed by atoms with Crippen LogP contribution in [-0.4, -0.2) is 43.0 Å². The van der Waals surface area contributed by atoms with Gasteiger partial charge >= 0.3 is 4.87 Å². The van der Waals surface area contributed by atoms with Crippen LogP contribution in [-0.2, 0) is 24.4 Å². The fourth-order valence-corrected chi connectivity index (χ4v) is 11.6. The summed E-state index contributed by atoms with van der Waals surface area (Å²) in [4.78, 5) is 58.6. The van der Waals surface area contributed by atoms with Crippen LogP contribution in [0, 0.1) is 36.5 Å². The van der Waals surface area contributed by atoms with Crippen molar-refractivity contribution in [2.75, 3.05) is 16.8 Å². The number of aromatic amines is 1. The van der Waals surface area contributed by atoms with Gasteiger partial charge in [0.15, 0.2) is 6.61 Å². The molecule has 8 rings (SSSR count). The summed E-state index contributed by atoms with van der Waals surface area (Å²) in [7, 11) is -3.86. The van der Waals surface area contributed by atoms with E-state index in [0.717, 1.165) is 38.8 Å². The number of aryl methyl sites for hydroxylation is 1. The van der Waals surface area contributed by atoms with E-state index in [-0.39, 0.29) is 57.1 Å². The number of H-pyrrole nitrogens is 1. The number of aromatic nitrogens is 1. The molecule has 2 aliphatic heterocycles. The number of nitrogens with one attached hydrogen (secondary N) is 2. The molecule has 3 amide bonds. The van der Waals surface area contributed by atoms with Gasteiger partial charge in [0.2, 0.25) is 21.8 Å². The summed E-state index contributed by atoms with van der Waals surface area (Å²) >= 11 is 2.76. The number of thiazole rings is 1. The first kappa shape index (κ1) is 31.1. The van der Waals surface area contributed by atoms with Gasteiger partial charge in [-0.05, 0) is 73.6 Å². The molecule has 1 saturated heterocycles. The molecule has 3 aromatic carbocycles. The highest BCUT2D eigenvalue weighted by Crippen LogP contribution is 2.69. The maximum absolute atomic E-state index is 14.0. The monoisotopic (exact) mass is 702 g/mol. The number of nitrogens with zero attached hydrogens (tertiary/aromatic N) is 1. The number of thioether (sulfide) groups is 1. The number of fused-ring (bicyclic) bond motifs is 9. The lowest BCUT2D eigenvalue weighted by molar-refractivity contribution is -0.123. The minimum Gasteiger partial charge on any atom is -0.483 e. The van der Waals surface area contributed by atoms with Crippen LogP contribution < -0.4 is 25.0 Å². The Hall–Kier alpha value is -4.24. The number of ether oxygens (including phenoxy) is 1. The van der Waals surface area contributed by atoms with Crippen molar-refractivity contribution < 1.29 is 27.5 Å². The van der Waals surface area contributed by atoms with E-state index in [0.29, 0.717) is 17.1 Å². The number of rotatable bonds is 7. The van der Waals surface area contributed by atoms with Gasteiger partial charge in [0.05, 0.1) is 27.4 Å². The van der Waals surface area contributed by atoms with Crippen molar-refractivity contribution in [3.63, 3.8) is 0 Å². The van der Waals surface area contributed by atoms with Crippen LogP contribution in [0.2, 0.25) is 0 Å². The topological polar surface area (TPSA) is 169 Å². The number of anilines is 2. The Morgan fingerprint density at radius 1 is 0.979 bits per heavy atom. The predicted octanol–water partition coefficient (Wildman–Crippen LogP) is 4.09. The van der Waals surface area contributed by atoms with E-state index >= 15 is 0 Å². The van der Waals surface area contributed by atoms with Gasteiger partial charge in [-0.1, -0.05) is 47.2 Å².